The molecule has 1 aliphatic heterocycles. The zero-order valence-corrected chi connectivity index (χ0v) is 12.8. The smallest absolute Gasteiger partial charge is 0.321 e. The first-order valence-electron chi connectivity index (χ1n) is 7.47. The lowest BCUT2D eigenvalue weighted by Gasteiger charge is -2.39. The second-order valence-corrected chi connectivity index (χ2v) is 5.99. The zero-order valence-electron chi connectivity index (χ0n) is 12.8. The Balaban J connectivity index is 2.41. The molecule has 1 heterocycles. The molecule has 4 N–H and O–H groups in total. The van der Waals surface area contributed by atoms with Gasteiger partial charge in [-0.25, -0.2) is 4.79 Å². The maximum absolute atomic E-state index is 11.9. The van der Waals surface area contributed by atoms with Crippen LogP contribution in [0.25, 0.3) is 0 Å². The van der Waals surface area contributed by atoms with Crippen LogP contribution >= 0.6 is 0 Å². The Labute approximate surface area is 121 Å². The molecule has 116 valence electrons. The first kappa shape index (κ1) is 16.9. The molecule has 0 bridgehead atoms. The van der Waals surface area contributed by atoms with E-state index in [9.17, 15) is 9.59 Å². The van der Waals surface area contributed by atoms with Crippen molar-refractivity contribution in [1.29, 1.82) is 0 Å². The summed E-state index contributed by atoms with van der Waals surface area (Å²) in [4.78, 5) is 25.6. The van der Waals surface area contributed by atoms with E-state index in [0.29, 0.717) is 25.0 Å². The molecule has 20 heavy (non-hydrogen) atoms. The van der Waals surface area contributed by atoms with E-state index in [1.807, 2.05) is 13.8 Å². The van der Waals surface area contributed by atoms with Crippen molar-refractivity contribution in [3.8, 4) is 0 Å². The highest BCUT2D eigenvalue weighted by atomic mass is 16.2. The van der Waals surface area contributed by atoms with E-state index in [4.69, 9.17) is 5.73 Å². The summed E-state index contributed by atoms with van der Waals surface area (Å²) in [5.41, 5.74) is 5.76. The van der Waals surface area contributed by atoms with Gasteiger partial charge in [-0.1, -0.05) is 20.3 Å². The van der Waals surface area contributed by atoms with Crippen LogP contribution in [0.15, 0.2) is 0 Å². The molecule has 2 unspecified atom stereocenters. The molecule has 0 aromatic rings. The lowest BCUT2D eigenvalue weighted by molar-refractivity contribution is -0.122. The number of likely N-dealkylation sites (tertiary alicyclic amines) is 1. The van der Waals surface area contributed by atoms with Crippen molar-refractivity contribution in [2.75, 3.05) is 19.6 Å². The second-order valence-electron chi connectivity index (χ2n) is 5.99. The lowest BCUT2D eigenvalue weighted by Crippen LogP contribution is -2.53. The maximum atomic E-state index is 11.9. The summed E-state index contributed by atoms with van der Waals surface area (Å²) in [6.07, 6.45) is 3.24. The number of nitrogens with two attached hydrogens (primary N) is 1. The summed E-state index contributed by atoms with van der Waals surface area (Å²) in [6, 6.07) is 0.155. The molecule has 0 spiro atoms. The minimum absolute atomic E-state index is 0.234. The molecule has 1 aliphatic rings. The van der Waals surface area contributed by atoms with E-state index in [2.05, 4.69) is 22.5 Å². The van der Waals surface area contributed by atoms with Gasteiger partial charge in [-0.15, -0.1) is 0 Å². The summed E-state index contributed by atoms with van der Waals surface area (Å²) in [7, 11) is 0. The Morgan fingerprint density at radius 3 is 2.65 bits per heavy atom. The van der Waals surface area contributed by atoms with E-state index in [1.54, 1.807) is 0 Å². The zero-order chi connectivity index (χ0) is 15.1. The van der Waals surface area contributed by atoms with Crippen molar-refractivity contribution in [1.82, 2.24) is 15.5 Å². The predicted molar refractivity (Wildman–Crippen MR) is 79.2 cm³/mol. The van der Waals surface area contributed by atoms with Crippen LogP contribution in [-0.4, -0.2) is 48.6 Å². The third kappa shape index (κ3) is 5.46. The number of rotatable bonds is 5. The number of urea groups is 1. The van der Waals surface area contributed by atoms with Crippen LogP contribution in [-0.2, 0) is 4.79 Å². The van der Waals surface area contributed by atoms with Gasteiger partial charge in [0.05, 0.1) is 6.54 Å². The number of carbonyl (C=O) groups is 2. The molecule has 3 amide bonds. The predicted octanol–water partition coefficient (Wildman–Crippen LogP) is 0.670. The number of piperidine rings is 1. The average molecular weight is 284 g/mol. The minimum atomic E-state index is -0.419. The van der Waals surface area contributed by atoms with Gasteiger partial charge < -0.3 is 11.1 Å². The molecule has 0 aromatic carbocycles. The number of hydrogen-bond acceptors (Lipinski definition) is 4. The van der Waals surface area contributed by atoms with Gasteiger partial charge in [-0.2, -0.15) is 0 Å². The highest BCUT2D eigenvalue weighted by Gasteiger charge is 2.28. The minimum Gasteiger partial charge on any atom is -0.338 e. The Kier molecular flexibility index (Phi) is 6.95. The van der Waals surface area contributed by atoms with Gasteiger partial charge in [-0.05, 0) is 25.7 Å². The number of nitrogens with zero attached hydrogens (tertiary/aromatic N) is 1. The van der Waals surface area contributed by atoms with Crippen LogP contribution < -0.4 is 16.4 Å². The number of imide groups is 1. The van der Waals surface area contributed by atoms with E-state index < -0.39 is 6.03 Å². The Morgan fingerprint density at radius 1 is 1.35 bits per heavy atom. The van der Waals surface area contributed by atoms with Gasteiger partial charge in [0.25, 0.3) is 0 Å². The molecular formula is C14H28N4O2. The monoisotopic (exact) mass is 284 g/mol. The van der Waals surface area contributed by atoms with E-state index in [1.165, 1.54) is 0 Å². The van der Waals surface area contributed by atoms with Gasteiger partial charge >= 0.3 is 6.03 Å². The molecule has 6 nitrogen and oxygen atoms in total. The molecule has 1 rings (SSSR count). The summed E-state index contributed by atoms with van der Waals surface area (Å²) in [5, 5.41) is 5.05. The highest BCUT2D eigenvalue weighted by molar-refractivity contribution is 5.95. The van der Waals surface area contributed by atoms with Crippen molar-refractivity contribution >= 4 is 11.9 Å². The maximum Gasteiger partial charge on any atom is 0.321 e. The van der Waals surface area contributed by atoms with Crippen molar-refractivity contribution in [2.24, 2.45) is 11.7 Å². The summed E-state index contributed by atoms with van der Waals surface area (Å²) < 4.78 is 0. The summed E-state index contributed by atoms with van der Waals surface area (Å²) in [5.74, 6) is 0.0954. The third-order valence-electron chi connectivity index (χ3n) is 3.72. The molecule has 6 heteroatoms. The lowest BCUT2D eigenvalue weighted by atomic mass is 9.96. The molecule has 1 saturated heterocycles. The van der Waals surface area contributed by atoms with Crippen LogP contribution in [0, 0.1) is 5.92 Å². The number of nitrogens with one attached hydrogen (secondary N) is 2. The van der Waals surface area contributed by atoms with E-state index in [-0.39, 0.29) is 18.5 Å². The van der Waals surface area contributed by atoms with Crippen molar-refractivity contribution in [3.63, 3.8) is 0 Å². The molecule has 0 aliphatic carbocycles. The third-order valence-corrected chi connectivity index (χ3v) is 3.72. The van der Waals surface area contributed by atoms with Gasteiger partial charge in [-0.3, -0.25) is 15.0 Å². The Hall–Kier alpha value is -1.14. The van der Waals surface area contributed by atoms with E-state index >= 15 is 0 Å². The largest absolute Gasteiger partial charge is 0.338 e. The van der Waals surface area contributed by atoms with Gasteiger partial charge in [0, 0.05) is 25.2 Å². The molecule has 1 fully saturated rings. The van der Waals surface area contributed by atoms with Crippen LogP contribution in [0.3, 0.4) is 0 Å². The summed E-state index contributed by atoms with van der Waals surface area (Å²) in [6.45, 7) is 7.46. The Bertz CT molecular complexity index is 333. The van der Waals surface area contributed by atoms with Gasteiger partial charge in [0.1, 0.15) is 0 Å². The van der Waals surface area contributed by atoms with Gasteiger partial charge in [0.2, 0.25) is 5.91 Å². The average Bonchev–Trinajstić information content (AvgIpc) is 2.38. The van der Waals surface area contributed by atoms with Crippen LogP contribution in [0.1, 0.15) is 40.0 Å². The van der Waals surface area contributed by atoms with E-state index in [0.717, 1.165) is 19.3 Å². The van der Waals surface area contributed by atoms with Crippen molar-refractivity contribution in [3.05, 3.63) is 0 Å². The first-order valence-corrected chi connectivity index (χ1v) is 7.47. The Morgan fingerprint density at radius 2 is 2.05 bits per heavy atom. The molecule has 0 radical (unpaired) electrons. The van der Waals surface area contributed by atoms with Crippen LogP contribution in [0.4, 0.5) is 4.79 Å². The first-order chi connectivity index (χ1) is 9.43. The number of amides is 3. The fourth-order valence-electron chi connectivity index (χ4n) is 2.55. The molecule has 2 atom stereocenters. The summed E-state index contributed by atoms with van der Waals surface area (Å²) >= 11 is 0. The van der Waals surface area contributed by atoms with Crippen LogP contribution in [0.2, 0.25) is 0 Å². The number of carbonyl (C=O) groups excluding carboxylic acids is 2. The van der Waals surface area contributed by atoms with Crippen molar-refractivity contribution < 1.29 is 9.59 Å². The molecule has 0 aromatic heterocycles. The fraction of sp³-hybridized carbons (Fsp3) is 0.857. The quantitative estimate of drug-likeness (QED) is 0.692. The van der Waals surface area contributed by atoms with Gasteiger partial charge in [0.15, 0.2) is 0 Å². The highest BCUT2D eigenvalue weighted by Crippen LogP contribution is 2.21. The standard InChI is InChI=1S/C14H28N4O2/c1-10(2)8-16-14(20)17-13(19)9-18-11(3)5-4-6-12(18)7-15/h10-12H,4-9,15H2,1-3H3,(H2,16,17,19,20). The molecular weight excluding hydrogens is 256 g/mol. The SMILES string of the molecule is CC(C)CNC(=O)NC(=O)CN1C(C)CCCC1CN. The van der Waals surface area contributed by atoms with Crippen LogP contribution in [0.5, 0.6) is 0 Å². The molecule has 0 saturated carbocycles. The van der Waals surface area contributed by atoms with Crippen molar-refractivity contribution in [2.45, 2.75) is 52.1 Å². The fourth-order valence-corrected chi connectivity index (χ4v) is 2.55. The number of hydrogen-bond donors (Lipinski definition) is 3. The normalized spacial score (nSPS) is 23.6. The topological polar surface area (TPSA) is 87.5 Å². The second kappa shape index (κ2) is 8.21.